The summed E-state index contributed by atoms with van der Waals surface area (Å²) in [5.41, 5.74) is -1.55. The van der Waals surface area contributed by atoms with Gasteiger partial charge in [-0.25, -0.2) is 13.2 Å². The summed E-state index contributed by atoms with van der Waals surface area (Å²) in [7, 11) is 0. The van der Waals surface area contributed by atoms with Crippen molar-refractivity contribution in [1.82, 2.24) is 0 Å². The van der Waals surface area contributed by atoms with Gasteiger partial charge in [-0.2, -0.15) is 4.39 Å². The molecule has 0 spiro atoms. The van der Waals surface area contributed by atoms with Crippen molar-refractivity contribution < 1.29 is 22.5 Å². The lowest BCUT2D eigenvalue weighted by Crippen LogP contribution is -2.06. The summed E-state index contributed by atoms with van der Waals surface area (Å²) in [5, 5.41) is 13.1. The van der Waals surface area contributed by atoms with Gasteiger partial charge in [-0.15, -0.1) is 0 Å². The second-order valence-electron chi connectivity index (χ2n) is 4.13. The molecule has 2 rings (SSSR count). The standard InChI is InChI=1S/C13H8F4N2O2/c14-8-1-2-10(16)7(3-8)6-18-12-5-9(15)4-11(17)13(12)19(20)21/h1-5,18H,6H2. The fraction of sp³-hybridized carbons (Fsp3) is 0.0769. The van der Waals surface area contributed by atoms with Crippen molar-refractivity contribution >= 4 is 11.4 Å². The van der Waals surface area contributed by atoms with Gasteiger partial charge in [0.1, 0.15) is 23.1 Å². The Morgan fingerprint density at radius 3 is 2.38 bits per heavy atom. The average Bonchev–Trinajstić information content (AvgIpc) is 2.38. The van der Waals surface area contributed by atoms with E-state index in [0.29, 0.717) is 12.1 Å². The van der Waals surface area contributed by atoms with Crippen LogP contribution in [0, 0.1) is 33.4 Å². The molecule has 0 atom stereocenters. The number of halogens is 4. The van der Waals surface area contributed by atoms with Crippen molar-refractivity contribution in [2.24, 2.45) is 0 Å². The molecule has 0 radical (unpaired) electrons. The van der Waals surface area contributed by atoms with Crippen LogP contribution in [-0.2, 0) is 6.54 Å². The third-order valence-corrected chi connectivity index (χ3v) is 2.69. The van der Waals surface area contributed by atoms with Gasteiger partial charge in [0.2, 0.25) is 5.82 Å². The summed E-state index contributed by atoms with van der Waals surface area (Å²) in [4.78, 5) is 9.73. The smallest absolute Gasteiger partial charge is 0.327 e. The third-order valence-electron chi connectivity index (χ3n) is 2.69. The molecule has 1 N–H and O–H groups in total. The summed E-state index contributed by atoms with van der Waals surface area (Å²) >= 11 is 0. The molecular weight excluding hydrogens is 292 g/mol. The van der Waals surface area contributed by atoms with Gasteiger partial charge in [-0.3, -0.25) is 10.1 Å². The zero-order valence-electron chi connectivity index (χ0n) is 10.4. The molecule has 0 amide bonds. The van der Waals surface area contributed by atoms with E-state index in [2.05, 4.69) is 5.32 Å². The Morgan fingerprint density at radius 2 is 1.71 bits per heavy atom. The van der Waals surface area contributed by atoms with Crippen LogP contribution in [0.15, 0.2) is 30.3 Å². The molecule has 0 fully saturated rings. The van der Waals surface area contributed by atoms with Crippen LogP contribution in [0.4, 0.5) is 28.9 Å². The molecule has 4 nitrogen and oxygen atoms in total. The first kappa shape index (κ1) is 14.8. The Labute approximate surface area is 116 Å². The van der Waals surface area contributed by atoms with E-state index in [0.717, 1.165) is 18.2 Å². The summed E-state index contributed by atoms with van der Waals surface area (Å²) < 4.78 is 52.9. The average molecular weight is 300 g/mol. The quantitative estimate of drug-likeness (QED) is 0.531. The van der Waals surface area contributed by atoms with Gasteiger partial charge in [0.15, 0.2) is 0 Å². The van der Waals surface area contributed by atoms with Crippen LogP contribution in [-0.4, -0.2) is 4.92 Å². The van der Waals surface area contributed by atoms with E-state index in [9.17, 15) is 27.7 Å². The molecule has 0 heterocycles. The SMILES string of the molecule is O=[N+]([O-])c1c(F)cc(F)cc1NCc1cc(F)ccc1F. The number of anilines is 1. The molecule has 0 saturated carbocycles. The van der Waals surface area contributed by atoms with Crippen LogP contribution in [0.25, 0.3) is 0 Å². The highest BCUT2D eigenvalue weighted by molar-refractivity contribution is 5.62. The van der Waals surface area contributed by atoms with Gasteiger partial charge in [-0.05, 0) is 18.2 Å². The minimum absolute atomic E-state index is 0.131. The molecule has 0 aliphatic heterocycles. The third kappa shape index (κ3) is 3.28. The number of benzene rings is 2. The Hall–Kier alpha value is -2.64. The predicted molar refractivity (Wildman–Crippen MR) is 66.7 cm³/mol. The Balaban J connectivity index is 2.31. The van der Waals surface area contributed by atoms with Crippen molar-refractivity contribution in [3.8, 4) is 0 Å². The highest BCUT2D eigenvalue weighted by Gasteiger charge is 2.22. The molecule has 0 unspecified atom stereocenters. The normalized spacial score (nSPS) is 10.5. The fourth-order valence-electron chi connectivity index (χ4n) is 1.76. The Morgan fingerprint density at radius 1 is 1.00 bits per heavy atom. The van der Waals surface area contributed by atoms with E-state index in [-0.39, 0.29) is 12.1 Å². The van der Waals surface area contributed by atoms with Crippen molar-refractivity contribution in [2.75, 3.05) is 5.32 Å². The maximum absolute atomic E-state index is 13.4. The van der Waals surface area contributed by atoms with Gasteiger partial charge in [0.05, 0.1) is 4.92 Å². The number of rotatable bonds is 4. The number of nitro benzene ring substituents is 1. The summed E-state index contributed by atoms with van der Waals surface area (Å²) in [6.07, 6.45) is 0. The maximum atomic E-state index is 13.4. The largest absolute Gasteiger partial charge is 0.375 e. The molecule has 2 aromatic rings. The van der Waals surface area contributed by atoms with Crippen molar-refractivity contribution in [2.45, 2.75) is 6.54 Å². The number of nitrogens with zero attached hydrogens (tertiary/aromatic N) is 1. The second-order valence-corrected chi connectivity index (χ2v) is 4.13. The van der Waals surface area contributed by atoms with Crippen LogP contribution in [0.2, 0.25) is 0 Å². The minimum Gasteiger partial charge on any atom is -0.375 e. The van der Waals surface area contributed by atoms with E-state index in [1.165, 1.54) is 0 Å². The first-order valence-electron chi connectivity index (χ1n) is 5.69. The first-order chi connectivity index (χ1) is 9.88. The monoisotopic (exact) mass is 300 g/mol. The van der Waals surface area contributed by atoms with Crippen molar-refractivity contribution in [1.29, 1.82) is 0 Å². The molecule has 0 bridgehead atoms. The van der Waals surface area contributed by atoms with Gasteiger partial charge in [0.25, 0.3) is 0 Å². The van der Waals surface area contributed by atoms with Crippen molar-refractivity contribution in [3.05, 3.63) is 69.3 Å². The number of hydrogen-bond donors (Lipinski definition) is 1. The van der Waals surface area contributed by atoms with Crippen LogP contribution in [0.5, 0.6) is 0 Å². The molecule has 0 saturated heterocycles. The molecule has 0 aromatic heterocycles. The van der Waals surface area contributed by atoms with E-state index < -0.39 is 39.6 Å². The molecule has 0 aliphatic carbocycles. The summed E-state index contributed by atoms with van der Waals surface area (Å²) in [5.74, 6) is -3.83. The summed E-state index contributed by atoms with van der Waals surface area (Å²) in [6, 6.07) is 3.74. The lowest BCUT2D eigenvalue weighted by atomic mass is 10.2. The zero-order valence-corrected chi connectivity index (χ0v) is 10.4. The number of hydrogen-bond acceptors (Lipinski definition) is 3. The fourth-order valence-corrected chi connectivity index (χ4v) is 1.76. The molecule has 8 heteroatoms. The van der Waals surface area contributed by atoms with Crippen LogP contribution in [0.3, 0.4) is 0 Å². The van der Waals surface area contributed by atoms with E-state index in [4.69, 9.17) is 0 Å². The highest BCUT2D eigenvalue weighted by atomic mass is 19.1. The first-order valence-corrected chi connectivity index (χ1v) is 5.69. The molecule has 110 valence electrons. The summed E-state index contributed by atoms with van der Waals surface area (Å²) in [6.45, 7) is -0.368. The van der Waals surface area contributed by atoms with Gasteiger partial charge >= 0.3 is 5.69 Å². The second kappa shape index (κ2) is 5.78. The number of nitro groups is 1. The van der Waals surface area contributed by atoms with Crippen LogP contribution < -0.4 is 5.32 Å². The Kier molecular flexibility index (Phi) is 4.06. The predicted octanol–water partition coefficient (Wildman–Crippen LogP) is 3.76. The molecule has 2 aromatic carbocycles. The zero-order chi connectivity index (χ0) is 15.6. The van der Waals surface area contributed by atoms with Crippen molar-refractivity contribution in [3.63, 3.8) is 0 Å². The molecule has 0 aliphatic rings. The molecular formula is C13H8F4N2O2. The van der Waals surface area contributed by atoms with E-state index in [1.54, 1.807) is 0 Å². The van der Waals surface area contributed by atoms with Gasteiger partial charge < -0.3 is 5.32 Å². The lowest BCUT2D eigenvalue weighted by molar-refractivity contribution is -0.386. The highest BCUT2D eigenvalue weighted by Crippen LogP contribution is 2.29. The lowest BCUT2D eigenvalue weighted by Gasteiger charge is -2.09. The van der Waals surface area contributed by atoms with Gasteiger partial charge in [0, 0.05) is 24.2 Å². The maximum Gasteiger partial charge on any atom is 0.327 e. The van der Waals surface area contributed by atoms with E-state index >= 15 is 0 Å². The Bertz CT molecular complexity index is 707. The number of nitrogens with one attached hydrogen (secondary N) is 1. The van der Waals surface area contributed by atoms with Crippen LogP contribution >= 0.6 is 0 Å². The van der Waals surface area contributed by atoms with Gasteiger partial charge in [-0.1, -0.05) is 0 Å². The topological polar surface area (TPSA) is 55.2 Å². The van der Waals surface area contributed by atoms with Crippen LogP contribution in [0.1, 0.15) is 5.56 Å². The minimum atomic E-state index is -1.36. The molecule has 21 heavy (non-hydrogen) atoms. The van der Waals surface area contributed by atoms with E-state index in [1.807, 2.05) is 0 Å².